The molecule has 1 amide bonds. The van der Waals surface area contributed by atoms with E-state index < -0.39 is 0 Å². The van der Waals surface area contributed by atoms with Crippen molar-refractivity contribution >= 4 is 16.8 Å². The van der Waals surface area contributed by atoms with Crippen LogP contribution in [0.3, 0.4) is 0 Å². The molecule has 2 aromatic carbocycles. The zero-order valence-corrected chi connectivity index (χ0v) is 14.9. The first-order valence-electron chi connectivity index (χ1n) is 8.36. The van der Waals surface area contributed by atoms with Crippen molar-refractivity contribution in [2.45, 2.75) is 26.4 Å². The standard InChI is InChI=1S/C20H23N3O2/c1-15-5-4-6-19-18(15)13-21-23(19)12-11-20(24)22(2)14-16-7-9-17(25-3)10-8-16/h4-10,13H,11-12,14H2,1-3H3. The van der Waals surface area contributed by atoms with E-state index in [1.165, 1.54) is 5.56 Å². The molecular formula is C20H23N3O2. The summed E-state index contributed by atoms with van der Waals surface area (Å²) in [6, 6.07) is 13.9. The largest absolute Gasteiger partial charge is 0.497 e. The van der Waals surface area contributed by atoms with E-state index in [9.17, 15) is 4.79 Å². The molecule has 130 valence electrons. The number of amides is 1. The normalized spacial score (nSPS) is 10.8. The van der Waals surface area contributed by atoms with Gasteiger partial charge in [-0.2, -0.15) is 5.10 Å². The summed E-state index contributed by atoms with van der Waals surface area (Å²) in [5.74, 6) is 0.922. The summed E-state index contributed by atoms with van der Waals surface area (Å²) < 4.78 is 7.06. The maximum atomic E-state index is 12.4. The summed E-state index contributed by atoms with van der Waals surface area (Å²) in [7, 11) is 3.48. The van der Waals surface area contributed by atoms with Crippen molar-refractivity contribution < 1.29 is 9.53 Å². The lowest BCUT2D eigenvalue weighted by Gasteiger charge is -2.17. The first kappa shape index (κ1) is 17.0. The third kappa shape index (κ3) is 3.82. The van der Waals surface area contributed by atoms with Gasteiger partial charge in [0.05, 0.1) is 25.4 Å². The first-order chi connectivity index (χ1) is 12.1. The minimum absolute atomic E-state index is 0.104. The lowest BCUT2D eigenvalue weighted by Crippen LogP contribution is -2.27. The number of carbonyl (C=O) groups excluding carboxylic acids is 1. The Labute approximate surface area is 147 Å². The molecule has 0 unspecified atom stereocenters. The van der Waals surface area contributed by atoms with E-state index in [1.807, 2.05) is 54.3 Å². The molecule has 5 heteroatoms. The smallest absolute Gasteiger partial charge is 0.224 e. The Morgan fingerprint density at radius 3 is 2.68 bits per heavy atom. The molecule has 0 atom stereocenters. The second-order valence-electron chi connectivity index (χ2n) is 6.22. The molecule has 0 aliphatic heterocycles. The highest BCUT2D eigenvalue weighted by atomic mass is 16.5. The molecule has 0 radical (unpaired) electrons. The SMILES string of the molecule is COc1ccc(CN(C)C(=O)CCn2ncc3c(C)cccc32)cc1. The Hall–Kier alpha value is -2.82. The molecule has 5 nitrogen and oxygen atoms in total. The van der Waals surface area contributed by atoms with Gasteiger partial charge in [-0.15, -0.1) is 0 Å². The van der Waals surface area contributed by atoms with E-state index in [4.69, 9.17) is 4.74 Å². The van der Waals surface area contributed by atoms with Crippen molar-refractivity contribution in [2.75, 3.05) is 14.2 Å². The predicted molar refractivity (Wildman–Crippen MR) is 98.6 cm³/mol. The van der Waals surface area contributed by atoms with Gasteiger partial charge >= 0.3 is 0 Å². The van der Waals surface area contributed by atoms with Crippen molar-refractivity contribution in [3.63, 3.8) is 0 Å². The third-order valence-electron chi connectivity index (χ3n) is 4.45. The van der Waals surface area contributed by atoms with Crippen LogP contribution in [0.4, 0.5) is 0 Å². The van der Waals surface area contributed by atoms with Crippen LogP contribution in [0, 0.1) is 6.92 Å². The van der Waals surface area contributed by atoms with Crippen LogP contribution in [0.1, 0.15) is 17.5 Å². The van der Waals surface area contributed by atoms with Gasteiger partial charge in [0.15, 0.2) is 0 Å². The Kier molecular flexibility index (Phi) is 5.03. The van der Waals surface area contributed by atoms with Crippen LogP contribution >= 0.6 is 0 Å². The lowest BCUT2D eigenvalue weighted by atomic mass is 10.1. The number of aryl methyl sites for hydroxylation is 2. The Morgan fingerprint density at radius 2 is 1.96 bits per heavy atom. The van der Waals surface area contributed by atoms with E-state index in [0.29, 0.717) is 19.5 Å². The number of carbonyl (C=O) groups is 1. The minimum atomic E-state index is 0.104. The van der Waals surface area contributed by atoms with Gasteiger partial charge in [0.25, 0.3) is 0 Å². The number of hydrogen-bond acceptors (Lipinski definition) is 3. The number of benzene rings is 2. The maximum absolute atomic E-state index is 12.4. The molecule has 0 saturated carbocycles. The molecule has 0 fully saturated rings. The number of ether oxygens (including phenoxy) is 1. The molecule has 3 rings (SSSR count). The summed E-state index contributed by atoms with van der Waals surface area (Å²) in [6.45, 7) is 3.24. The summed E-state index contributed by atoms with van der Waals surface area (Å²) in [4.78, 5) is 14.2. The van der Waals surface area contributed by atoms with E-state index in [1.54, 1.807) is 12.0 Å². The summed E-state index contributed by atoms with van der Waals surface area (Å²) in [5.41, 5.74) is 3.36. The zero-order valence-electron chi connectivity index (χ0n) is 14.9. The van der Waals surface area contributed by atoms with Crippen molar-refractivity contribution in [3.8, 4) is 5.75 Å². The molecule has 0 bridgehead atoms. The average molecular weight is 337 g/mol. The average Bonchev–Trinajstić information content (AvgIpc) is 3.05. The van der Waals surface area contributed by atoms with Gasteiger partial charge in [-0.05, 0) is 36.2 Å². The molecule has 25 heavy (non-hydrogen) atoms. The Morgan fingerprint density at radius 1 is 1.20 bits per heavy atom. The molecule has 0 saturated heterocycles. The molecule has 0 N–H and O–H groups in total. The highest BCUT2D eigenvalue weighted by Crippen LogP contribution is 2.18. The monoisotopic (exact) mass is 337 g/mol. The number of rotatable bonds is 6. The molecule has 1 aromatic heterocycles. The van der Waals surface area contributed by atoms with Gasteiger partial charge in [0, 0.05) is 25.4 Å². The number of fused-ring (bicyclic) bond motifs is 1. The molecule has 0 spiro atoms. The summed E-state index contributed by atoms with van der Waals surface area (Å²) >= 11 is 0. The third-order valence-corrected chi connectivity index (χ3v) is 4.45. The predicted octanol–water partition coefficient (Wildman–Crippen LogP) is 3.40. The Bertz CT molecular complexity index is 868. The van der Waals surface area contributed by atoms with Crippen molar-refractivity contribution in [1.82, 2.24) is 14.7 Å². The topological polar surface area (TPSA) is 47.4 Å². The second kappa shape index (κ2) is 7.38. The van der Waals surface area contributed by atoms with Crippen LogP contribution in [0.25, 0.3) is 10.9 Å². The van der Waals surface area contributed by atoms with Crippen LogP contribution in [-0.4, -0.2) is 34.7 Å². The van der Waals surface area contributed by atoms with E-state index in [0.717, 1.165) is 22.2 Å². The Balaban J connectivity index is 1.60. The second-order valence-corrected chi connectivity index (χ2v) is 6.22. The fourth-order valence-electron chi connectivity index (χ4n) is 2.91. The van der Waals surface area contributed by atoms with Crippen molar-refractivity contribution in [3.05, 3.63) is 59.8 Å². The molecular weight excluding hydrogens is 314 g/mol. The number of methoxy groups -OCH3 is 1. The van der Waals surface area contributed by atoms with E-state index in [-0.39, 0.29) is 5.91 Å². The van der Waals surface area contributed by atoms with Crippen LogP contribution < -0.4 is 4.74 Å². The molecule has 1 heterocycles. The van der Waals surface area contributed by atoms with Crippen LogP contribution in [0.15, 0.2) is 48.7 Å². The number of hydrogen-bond donors (Lipinski definition) is 0. The van der Waals surface area contributed by atoms with Gasteiger partial charge < -0.3 is 9.64 Å². The van der Waals surface area contributed by atoms with Crippen molar-refractivity contribution in [2.24, 2.45) is 0 Å². The first-order valence-corrected chi connectivity index (χ1v) is 8.36. The minimum Gasteiger partial charge on any atom is -0.497 e. The van der Waals surface area contributed by atoms with Crippen LogP contribution in [0.5, 0.6) is 5.75 Å². The summed E-state index contributed by atoms with van der Waals surface area (Å²) in [5, 5.41) is 5.56. The van der Waals surface area contributed by atoms with Gasteiger partial charge in [0.2, 0.25) is 5.91 Å². The quantitative estimate of drug-likeness (QED) is 0.692. The van der Waals surface area contributed by atoms with E-state index in [2.05, 4.69) is 18.1 Å². The molecule has 0 aliphatic rings. The van der Waals surface area contributed by atoms with Gasteiger partial charge in [0.1, 0.15) is 5.75 Å². The fraction of sp³-hybridized carbons (Fsp3) is 0.300. The maximum Gasteiger partial charge on any atom is 0.224 e. The summed E-state index contributed by atoms with van der Waals surface area (Å²) in [6.07, 6.45) is 2.30. The highest BCUT2D eigenvalue weighted by Gasteiger charge is 2.11. The molecule has 3 aromatic rings. The fourth-order valence-corrected chi connectivity index (χ4v) is 2.91. The van der Waals surface area contributed by atoms with Crippen LogP contribution in [-0.2, 0) is 17.9 Å². The van der Waals surface area contributed by atoms with E-state index >= 15 is 0 Å². The number of nitrogens with zero attached hydrogens (tertiary/aromatic N) is 3. The van der Waals surface area contributed by atoms with Crippen molar-refractivity contribution in [1.29, 1.82) is 0 Å². The lowest BCUT2D eigenvalue weighted by molar-refractivity contribution is -0.130. The highest BCUT2D eigenvalue weighted by molar-refractivity contribution is 5.82. The number of aromatic nitrogens is 2. The van der Waals surface area contributed by atoms with Gasteiger partial charge in [-0.25, -0.2) is 0 Å². The molecule has 0 aliphatic carbocycles. The van der Waals surface area contributed by atoms with Crippen LogP contribution in [0.2, 0.25) is 0 Å². The zero-order chi connectivity index (χ0) is 17.8. The van der Waals surface area contributed by atoms with Gasteiger partial charge in [-0.3, -0.25) is 9.48 Å². The van der Waals surface area contributed by atoms with Gasteiger partial charge in [-0.1, -0.05) is 24.3 Å².